The Morgan fingerprint density at radius 3 is 2.29 bits per heavy atom. The van der Waals surface area contributed by atoms with E-state index in [1.54, 1.807) is 4.31 Å². The first-order valence-electron chi connectivity index (χ1n) is 7.40. The van der Waals surface area contributed by atoms with Crippen LogP contribution in [0, 0.1) is 11.3 Å². The zero-order valence-corrected chi connectivity index (χ0v) is 13.1. The fourth-order valence-electron chi connectivity index (χ4n) is 3.48. The Morgan fingerprint density at radius 2 is 1.71 bits per heavy atom. The number of rotatable bonds is 3. The van der Waals surface area contributed by atoms with Gasteiger partial charge in [0.1, 0.15) is 0 Å². The summed E-state index contributed by atoms with van der Waals surface area (Å²) in [5.74, 6) is -0.185. The molecule has 1 aliphatic carbocycles. The third-order valence-corrected chi connectivity index (χ3v) is 7.05. The van der Waals surface area contributed by atoms with Gasteiger partial charge in [-0.15, -0.1) is 0 Å². The van der Waals surface area contributed by atoms with Crippen molar-refractivity contribution >= 4 is 16.2 Å². The van der Waals surface area contributed by atoms with E-state index >= 15 is 0 Å². The van der Waals surface area contributed by atoms with Gasteiger partial charge in [-0.3, -0.25) is 4.79 Å². The van der Waals surface area contributed by atoms with E-state index in [9.17, 15) is 13.2 Å². The maximum atomic E-state index is 12.5. The molecular weight excluding hydrogens is 296 g/mol. The molecule has 1 atom stereocenters. The van der Waals surface area contributed by atoms with Gasteiger partial charge in [0.15, 0.2) is 0 Å². The number of ether oxygens (including phenoxy) is 2. The van der Waals surface area contributed by atoms with Gasteiger partial charge in [0.2, 0.25) is 0 Å². The molecule has 0 amide bonds. The van der Waals surface area contributed by atoms with Crippen LogP contribution in [-0.4, -0.2) is 69.5 Å². The third kappa shape index (κ3) is 2.69. The van der Waals surface area contributed by atoms with Gasteiger partial charge in [-0.2, -0.15) is 17.0 Å². The Kier molecular flexibility index (Phi) is 3.98. The molecule has 0 aromatic rings. The quantitative estimate of drug-likeness (QED) is 0.676. The number of morpholine rings is 1. The highest BCUT2D eigenvalue weighted by Gasteiger charge is 2.60. The van der Waals surface area contributed by atoms with Gasteiger partial charge >= 0.3 is 5.97 Å². The molecule has 3 aliphatic rings. The molecule has 0 bridgehead atoms. The van der Waals surface area contributed by atoms with E-state index in [0.29, 0.717) is 39.4 Å². The van der Waals surface area contributed by atoms with Crippen molar-refractivity contribution < 1.29 is 22.7 Å². The van der Waals surface area contributed by atoms with Gasteiger partial charge in [-0.05, 0) is 24.7 Å². The lowest BCUT2D eigenvalue weighted by Gasteiger charge is -2.36. The van der Waals surface area contributed by atoms with Crippen molar-refractivity contribution in [3.63, 3.8) is 0 Å². The minimum atomic E-state index is -3.38. The van der Waals surface area contributed by atoms with Gasteiger partial charge in [-0.25, -0.2) is 0 Å². The largest absolute Gasteiger partial charge is 0.469 e. The van der Waals surface area contributed by atoms with Crippen molar-refractivity contribution in [2.75, 3.05) is 46.5 Å². The number of piperidine rings is 1. The molecule has 0 unspecified atom stereocenters. The molecule has 8 heteroatoms. The Balaban J connectivity index is 1.60. The summed E-state index contributed by atoms with van der Waals surface area (Å²) in [6, 6.07) is 0. The summed E-state index contributed by atoms with van der Waals surface area (Å²) in [5, 5.41) is 0. The Bertz CT molecular complexity index is 507. The second kappa shape index (κ2) is 5.49. The van der Waals surface area contributed by atoms with Crippen LogP contribution in [0.2, 0.25) is 0 Å². The monoisotopic (exact) mass is 318 g/mol. The molecule has 0 radical (unpaired) electrons. The number of nitrogens with zero attached hydrogens (tertiary/aromatic N) is 2. The molecule has 21 heavy (non-hydrogen) atoms. The number of esters is 1. The van der Waals surface area contributed by atoms with Crippen molar-refractivity contribution in [2.45, 2.75) is 19.3 Å². The minimum absolute atomic E-state index is 0.00980. The second-order valence-electron chi connectivity index (χ2n) is 6.06. The zero-order valence-electron chi connectivity index (χ0n) is 12.3. The van der Waals surface area contributed by atoms with Crippen LogP contribution in [0.1, 0.15) is 19.3 Å². The van der Waals surface area contributed by atoms with Gasteiger partial charge in [-0.1, -0.05) is 0 Å². The fourth-order valence-corrected chi connectivity index (χ4v) is 5.06. The third-order valence-electron chi connectivity index (χ3n) is 5.02. The average molecular weight is 318 g/mol. The minimum Gasteiger partial charge on any atom is -0.469 e. The summed E-state index contributed by atoms with van der Waals surface area (Å²) in [4.78, 5) is 11.6. The second-order valence-corrected chi connectivity index (χ2v) is 7.99. The highest BCUT2D eigenvalue weighted by molar-refractivity contribution is 7.86. The van der Waals surface area contributed by atoms with Crippen LogP contribution in [0.4, 0.5) is 0 Å². The Hall–Kier alpha value is -0.700. The number of methoxy groups -OCH3 is 1. The highest BCUT2D eigenvalue weighted by Crippen LogP contribution is 2.60. The van der Waals surface area contributed by atoms with E-state index in [1.165, 1.54) is 11.4 Å². The maximum absolute atomic E-state index is 12.5. The molecule has 3 fully saturated rings. The summed E-state index contributed by atoms with van der Waals surface area (Å²) < 4.78 is 38.1. The van der Waals surface area contributed by atoms with Crippen molar-refractivity contribution in [2.24, 2.45) is 11.3 Å². The Labute approximate surface area is 125 Å². The van der Waals surface area contributed by atoms with E-state index in [1.807, 2.05) is 0 Å². The molecule has 120 valence electrons. The van der Waals surface area contributed by atoms with Crippen molar-refractivity contribution in [1.29, 1.82) is 0 Å². The lowest BCUT2D eigenvalue weighted by atomic mass is 9.92. The molecule has 1 spiro atoms. The van der Waals surface area contributed by atoms with Gasteiger partial charge in [0.05, 0.1) is 26.2 Å². The molecule has 2 saturated heterocycles. The lowest BCUT2D eigenvalue weighted by Crippen LogP contribution is -2.51. The molecule has 2 aliphatic heterocycles. The van der Waals surface area contributed by atoms with Gasteiger partial charge in [0.25, 0.3) is 10.2 Å². The van der Waals surface area contributed by atoms with Crippen molar-refractivity contribution in [1.82, 2.24) is 8.61 Å². The lowest BCUT2D eigenvalue weighted by molar-refractivity contribution is -0.143. The predicted molar refractivity (Wildman–Crippen MR) is 74.7 cm³/mol. The summed E-state index contributed by atoms with van der Waals surface area (Å²) in [6.07, 6.45) is 2.33. The number of carbonyl (C=O) groups is 1. The number of hydrogen-bond acceptors (Lipinski definition) is 5. The smallest absolute Gasteiger partial charge is 0.309 e. The maximum Gasteiger partial charge on any atom is 0.309 e. The van der Waals surface area contributed by atoms with E-state index in [4.69, 9.17) is 9.47 Å². The SMILES string of the molecule is COC(=O)[C@@H]1CC12CCN(S(=O)(=O)N1CCOCC1)CC2. The first-order valence-corrected chi connectivity index (χ1v) is 8.80. The zero-order chi connectivity index (χ0) is 15.1. The predicted octanol–water partition coefficient (Wildman–Crippen LogP) is -0.161. The Morgan fingerprint density at radius 1 is 1.14 bits per heavy atom. The molecule has 0 N–H and O–H groups in total. The summed E-state index contributed by atoms with van der Waals surface area (Å²) >= 11 is 0. The number of carbonyl (C=O) groups excluding carboxylic acids is 1. The van der Waals surface area contributed by atoms with Crippen LogP contribution in [0.15, 0.2) is 0 Å². The van der Waals surface area contributed by atoms with Crippen molar-refractivity contribution in [3.05, 3.63) is 0 Å². The van der Waals surface area contributed by atoms with Crippen LogP contribution in [-0.2, 0) is 24.5 Å². The average Bonchev–Trinajstić information content (AvgIpc) is 3.21. The molecule has 0 aromatic carbocycles. The highest BCUT2D eigenvalue weighted by atomic mass is 32.2. The van der Waals surface area contributed by atoms with Crippen LogP contribution in [0.3, 0.4) is 0 Å². The molecule has 3 rings (SSSR count). The van der Waals surface area contributed by atoms with E-state index in [2.05, 4.69) is 0 Å². The van der Waals surface area contributed by atoms with E-state index in [-0.39, 0.29) is 17.3 Å². The summed E-state index contributed by atoms with van der Waals surface area (Å²) in [6.45, 7) is 2.76. The molecule has 0 aromatic heterocycles. The summed E-state index contributed by atoms with van der Waals surface area (Å²) in [7, 11) is -1.97. The first-order chi connectivity index (χ1) is 9.99. The van der Waals surface area contributed by atoms with Crippen LogP contribution < -0.4 is 0 Å². The van der Waals surface area contributed by atoms with Gasteiger partial charge in [0, 0.05) is 26.2 Å². The molecule has 1 saturated carbocycles. The standard InChI is InChI=1S/C13H22N2O5S/c1-19-12(16)11-10-13(11)2-4-14(5-3-13)21(17,18)15-6-8-20-9-7-15/h11H,2-10H2,1H3/t11-/m0/s1. The van der Waals surface area contributed by atoms with Crippen molar-refractivity contribution in [3.8, 4) is 0 Å². The fraction of sp³-hybridized carbons (Fsp3) is 0.923. The summed E-state index contributed by atoms with van der Waals surface area (Å²) in [5.41, 5.74) is -0.00980. The van der Waals surface area contributed by atoms with E-state index in [0.717, 1.165) is 19.3 Å². The van der Waals surface area contributed by atoms with Gasteiger partial charge < -0.3 is 9.47 Å². The molecular formula is C13H22N2O5S. The topological polar surface area (TPSA) is 76.2 Å². The van der Waals surface area contributed by atoms with Crippen LogP contribution >= 0.6 is 0 Å². The van der Waals surface area contributed by atoms with Crippen LogP contribution in [0.25, 0.3) is 0 Å². The van der Waals surface area contributed by atoms with Crippen LogP contribution in [0.5, 0.6) is 0 Å². The normalized spacial score (nSPS) is 30.2. The molecule has 7 nitrogen and oxygen atoms in total. The molecule has 2 heterocycles. The van der Waals surface area contributed by atoms with E-state index < -0.39 is 10.2 Å². The first kappa shape index (κ1) is 15.2. The number of hydrogen-bond donors (Lipinski definition) is 0.